The molecule has 0 radical (unpaired) electrons. The highest BCUT2D eigenvalue weighted by Gasteiger charge is 2.17. The Morgan fingerprint density at radius 3 is 2.38 bits per heavy atom. The quantitative estimate of drug-likeness (QED) is 0.835. The van der Waals surface area contributed by atoms with E-state index >= 15 is 0 Å². The Bertz CT molecular complexity index is 325. The molecule has 16 heavy (non-hydrogen) atoms. The van der Waals surface area contributed by atoms with Crippen LogP contribution in [0.4, 0.5) is 4.39 Å². The van der Waals surface area contributed by atoms with Crippen molar-refractivity contribution >= 4 is 24.2 Å². The predicted molar refractivity (Wildman–Crippen MR) is 72.2 cm³/mol. The highest BCUT2D eigenvalue weighted by Crippen LogP contribution is 2.35. The molecule has 0 amide bonds. The van der Waals surface area contributed by atoms with Crippen LogP contribution in [-0.4, -0.2) is 11.4 Å². The molecule has 0 aliphatic heterocycles. The Labute approximate surface area is 107 Å². The summed E-state index contributed by atoms with van der Waals surface area (Å²) in [6.45, 7) is 5.89. The molecule has 1 atom stereocenters. The van der Waals surface area contributed by atoms with Gasteiger partial charge in [-0.25, -0.2) is 4.39 Å². The lowest BCUT2D eigenvalue weighted by Gasteiger charge is -2.21. The molecule has 0 spiro atoms. The number of hydrogen-bond acceptors (Lipinski definition) is 2. The number of rotatable bonds is 3. The summed E-state index contributed by atoms with van der Waals surface area (Å²) in [4.78, 5) is 1.08. The van der Waals surface area contributed by atoms with Gasteiger partial charge in [-0.05, 0) is 11.6 Å². The number of nitrogens with two attached hydrogens (primary N) is 1. The summed E-state index contributed by atoms with van der Waals surface area (Å²) >= 11 is 1.72. The largest absolute Gasteiger partial charge is 0.322 e. The molecule has 1 aromatic rings. The molecule has 4 heteroatoms. The fraction of sp³-hybridized carbons (Fsp3) is 0.500. The fourth-order valence-electron chi connectivity index (χ4n) is 1.29. The van der Waals surface area contributed by atoms with Crippen LogP contribution >= 0.6 is 24.2 Å². The van der Waals surface area contributed by atoms with Gasteiger partial charge in [0.2, 0.25) is 0 Å². The van der Waals surface area contributed by atoms with Gasteiger partial charge in [-0.3, -0.25) is 0 Å². The van der Waals surface area contributed by atoms with Crippen molar-refractivity contribution in [3.63, 3.8) is 0 Å². The lowest BCUT2D eigenvalue weighted by atomic mass is 10.1. The zero-order chi connectivity index (χ0) is 11.5. The van der Waals surface area contributed by atoms with Crippen molar-refractivity contribution < 1.29 is 4.39 Å². The van der Waals surface area contributed by atoms with Crippen LogP contribution in [0.15, 0.2) is 29.2 Å². The second kappa shape index (κ2) is 6.48. The molecule has 0 aliphatic carbocycles. The lowest BCUT2D eigenvalue weighted by molar-refractivity contribution is 0.434. The Morgan fingerprint density at radius 1 is 1.31 bits per heavy atom. The normalized spacial score (nSPS) is 13.1. The molecule has 0 bridgehead atoms. The van der Waals surface area contributed by atoms with Gasteiger partial charge in [-0.1, -0.05) is 39.0 Å². The minimum atomic E-state index is -0.512. The summed E-state index contributed by atoms with van der Waals surface area (Å²) < 4.78 is 12.7. The Kier molecular flexibility index (Phi) is 6.38. The van der Waals surface area contributed by atoms with Crippen molar-refractivity contribution in [2.24, 2.45) is 5.73 Å². The van der Waals surface area contributed by atoms with E-state index in [0.29, 0.717) is 0 Å². The van der Waals surface area contributed by atoms with Gasteiger partial charge in [0.25, 0.3) is 0 Å². The molecule has 92 valence electrons. The van der Waals surface area contributed by atoms with Gasteiger partial charge in [0.15, 0.2) is 0 Å². The van der Waals surface area contributed by atoms with Crippen LogP contribution < -0.4 is 5.73 Å². The Morgan fingerprint density at radius 2 is 1.88 bits per heavy atom. The van der Waals surface area contributed by atoms with E-state index in [9.17, 15) is 4.39 Å². The standard InChI is InChI=1S/C12H18FNS.ClH/c1-12(2,3)15-11-7-5-4-6-9(11)10(14)8-13;/h4-7,10H,8,14H2,1-3H3;1H/t10-;/m0./s1. The third kappa shape index (κ3) is 4.73. The first-order chi connectivity index (χ1) is 6.94. The van der Waals surface area contributed by atoms with Crippen molar-refractivity contribution in [3.8, 4) is 0 Å². The van der Waals surface area contributed by atoms with Gasteiger partial charge in [-0.15, -0.1) is 24.2 Å². The number of alkyl halides is 1. The molecule has 1 rings (SSSR count). The van der Waals surface area contributed by atoms with Crippen LogP contribution in [0.2, 0.25) is 0 Å². The number of thioether (sulfide) groups is 1. The van der Waals surface area contributed by atoms with Gasteiger partial charge in [0.05, 0.1) is 6.04 Å². The molecule has 0 saturated carbocycles. The summed E-state index contributed by atoms with van der Waals surface area (Å²) in [6, 6.07) is 7.26. The number of hydrogen-bond donors (Lipinski definition) is 1. The maximum atomic E-state index is 12.6. The second-order valence-corrected chi connectivity index (χ2v) is 6.38. The van der Waals surface area contributed by atoms with E-state index in [-0.39, 0.29) is 17.2 Å². The predicted octanol–water partition coefficient (Wildman–Crippen LogP) is 3.97. The molecule has 0 fully saturated rings. The molecule has 0 aliphatic rings. The first-order valence-electron chi connectivity index (χ1n) is 5.03. The van der Waals surface area contributed by atoms with Gasteiger partial charge in [0, 0.05) is 9.64 Å². The lowest BCUT2D eigenvalue weighted by Crippen LogP contribution is -2.15. The second-order valence-electron chi connectivity index (χ2n) is 4.51. The number of halogens is 2. The van der Waals surface area contributed by atoms with E-state index < -0.39 is 12.7 Å². The topological polar surface area (TPSA) is 26.0 Å². The molecule has 0 saturated heterocycles. The maximum Gasteiger partial charge on any atom is 0.109 e. The summed E-state index contributed by atoms with van der Waals surface area (Å²) in [5.74, 6) is 0. The maximum absolute atomic E-state index is 12.6. The van der Waals surface area contributed by atoms with Crippen LogP contribution in [-0.2, 0) is 0 Å². The van der Waals surface area contributed by atoms with Gasteiger partial charge < -0.3 is 5.73 Å². The van der Waals surface area contributed by atoms with E-state index in [1.165, 1.54) is 0 Å². The molecular formula is C12H19ClFNS. The summed E-state index contributed by atoms with van der Waals surface area (Å²) in [5.41, 5.74) is 6.63. The SMILES string of the molecule is CC(C)(C)Sc1ccccc1[C@@H](N)CF.Cl. The highest BCUT2D eigenvalue weighted by atomic mass is 35.5. The van der Waals surface area contributed by atoms with Crippen molar-refractivity contribution in [2.75, 3.05) is 6.67 Å². The fourth-order valence-corrected chi connectivity index (χ4v) is 2.44. The summed E-state index contributed by atoms with van der Waals surface area (Å²) in [5, 5.41) is 0. The molecule has 0 aromatic heterocycles. The zero-order valence-electron chi connectivity index (χ0n) is 9.87. The minimum Gasteiger partial charge on any atom is -0.322 e. The van der Waals surface area contributed by atoms with E-state index in [4.69, 9.17) is 5.73 Å². The van der Waals surface area contributed by atoms with Gasteiger partial charge in [0.1, 0.15) is 6.67 Å². The van der Waals surface area contributed by atoms with Gasteiger partial charge >= 0.3 is 0 Å². The van der Waals surface area contributed by atoms with Crippen LogP contribution in [0.5, 0.6) is 0 Å². The van der Waals surface area contributed by atoms with Gasteiger partial charge in [-0.2, -0.15) is 0 Å². The summed E-state index contributed by atoms with van der Waals surface area (Å²) in [7, 11) is 0. The van der Waals surface area contributed by atoms with Crippen LogP contribution in [0.25, 0.3) is 0 Å². The van der Waals surface area contributed by atoms with Crippen molar-refractivity contribution in [3.05, 3.63) is 29.8 Å². The van der Waals surface area contributed by atoms with Crippen molar-refractivity contribution in [1.29, 1.82) is 0 Å². The zero-order valence-corrected chi connectivity index (χ0v) is 11.5. The van der Waals surface area contributed by atoms with E-state index in [1.54, 1.807) is 11.8 Å². The highest BCUT2D eigenvalue weighted by molar-refractivity contribution is 8.00. The third-order valence-corrected chi connectivity index (χ3v) is 3.10. The molecule has 0 heterocycles. The smallest absolute Gasteiger partial charge is 0.109 e. The Hall–Kier alpha value is -0.250. The first kappa shape index (κ1) is 15.8. The third-order valence-electron chi connectivity index (χ3n) is 1.90. The van der Waals surface area contributed by atoms with Crippen LogP contribution in [0.3, 0.4) is 0 Å². The Balaban J connectivity index is 0.00000225. The molecule has 1 nitrogen and oxygen atoms in total. The molecular weight excluding hydrogens is 245 g/mol. The first-order valence-corrected chi connectivity index (χ1v) is 5.85. The van der Waals surface area contributed by atoms with E-state index in [1.807, 2.05) is 24.3 Å². The minimum absolute atomic E-state index is 0. The van der Waals surface area contributed by atoms with Crippen LogP contribution in [0.1, 0.15) is 32.4 Å². The molecule has 0 unspecified atom stereocenters. The van der Waals surface area contributed by atoms with Crippen molar-refractivity contribution in [1.82, 2.24) is 0 Å². The monoisotopic (exact) mass is 263 g/mol. The van der Waals surface area contributed by atoms with Crippen molar-refractivity contribution in [2.45, 2.75) is 36.5 Å². The summed E-state index contributed by atoms with van der Waals surface area (Å²) in [6.07, 6.45) is 0. The van der Waals surface area contributed by atoms with E-state index in [2.05, 4.69) is 20.8 Å². The average Bonchev–Trinajstić information content (AvgIpc) is 2.15. The molecule has 1 aromatic carbocycles. The van der Waals surface area contributed by atoms with E-state index in [0.717, 1.165) is 10.5 Å². The number of benzene rings is 1. The average molecular weight is 264 g/mol. The molecule has 2 N–H and O–H groups in total. The van der Waals surface area contributed by atoms with Crippen LogP contribution in [0, 0.1) is 0 Å².